The topological polar surface area (TPSA) is 102 Å². The Balaban J connectivity index is 3.15. The molecule has 0 saturated carbocycles. The second kappa shape index (κ2) is 6.57. The Kier molecular flexibility index (Phi) is 5.58. The standard InChI is InChI=1S/C11H19N3O4S2/c1-7(2)5-14-10(8(3)20(4,17)18)12-13-11(14)19-6-9(15)16/h7-8H,5-6H2,1-4H3,(H,15,16). The normalized spacial score (nSPS) is 13.7. The van der Waals surface area contributed by atoms with E-state index in [0.29, 0.717) is 17.5 Å². The van der Waals surface area contributed by atoms with Gasteiger partial charge in [0.05, 0.1) is 5.75 Å². The van der Waals surface area contributed by atoms with Gasteiger partial charge in [-0.25, -0.2) is 8.42 Å². The van der Waals surface area contributed by atoms with Crippen LogP contribution < -0.4 is 0 Å². The fourth-order valence-corrected chi connectivity index (χ4v) is 2.79. The van der Waals surface area contributed by atoms with E-state index in [-0.39, 0.29) is 11.7 Å². The Hall–Kier alpha value is -1.09. The predicted octanol–water partition coefficient (Wildman–Crippen LogP) is 1.22. The van der Waals surface area contributed by atoms with Crippen LogP contribution >= 0.6 is 11.8 Å². The first kappa shape index (κ1) is 17.0. The van der Waals surface area contributed by atoms with E-state index >= 15 is 0 Å². The molecule has 1 N–H and O–H groups in total. The van der Waals surface area contributed by atoms with Gasteiger partial charge >= 0.3 is 5.97 Å². The van der Waals surface area contributed by atoms with Crippen LogP contribution in [-0.4, -0.2) is 46.3 Å². The van der Waals surface area contributed by atoms with Gasteiger partial charge < -0.3 is 9.67 Å². The first-order valence-electron chi connectivity index (χ1n) is 6.09. The van der Waals surface area contributed by atoms with E-state index in [0.717, 1.165) is 18.0 Å². The summed E-state index contributed by atoms with van der Waals surface area (Å²) in [6, 6.07) is 0. The molecule has 0 aliphatic heterocycles. The van der Waals surface area contributed by atoms with Gasteiger partial charge in [0.15, 0.2) is 20.8 Å². The average Bonchev–Trinajstić information content (AvgIpc) is 2.66. The highest BCUT2D eigenvalue weighted by Crippen LogP contribution is 2.25. The lowest BCUT2D eigenvalue weighted by atomic mass is 10.2. The van der Waals surface area contributed by atoms with E-state index in [2.05, 4.69) is 10.2 Å². The number of hydrogen-bond donors (Lipinski definition) is 1. The minimum atomic E-state index is -3.28. The van der Waals surface area contributed by atoms with E-state index in [1.54, 1.807) is 11.5 Å². The molecule has 0 bridgehead atoms. The summed E-state index contributed by atoms with van der Waals surface area (Å²) in [4.78, 5) is 10.6. The third-order valence-corrected chi connectivity index (χ3v) is 5.07. The average molecular weight is 321 g/mol. The summed E-state index contributed by atoms with van der Waals surface area (Å²) in [6.07, 6.45) is 1.15. The van der Waals surface area contributed by atoms with E-state index in [4.69, 9.17) is 5.11 Å². The highest BCUT2D eigenvalue weighted by atomic mass is 32.2. The van der Waals surface area contributed by atoms with Crippen molar-refractivity contribution < 1.29 is 18.3 Å². The zero-order valence-electron chi connectivity index (χ0n) is 11.9. The Morgan fingerprint density at radius 2 is 1.95 bits per heavy atom. The molecule has 114 valence electrons. The lowest BCUT2D eigenvalue weighted by Crippen LogP contribution is -2.17. The monoisotopic (exact) mass is 321 g/mol. The molecule has 1 aromatic heterocycles. The molecular formula is C11H19N3O4S2. The third-order valence-electron chi connectivity index (χ3n) is 2.62. The van der Waals surface area contributed by atoms with Crippen molar-refractivity contribution in [2.24, 2.45) is 5.92 Å². The van der Waals surface area contributed by atoms with Crippen LogP contribution in [0.3, 0.4) is 0 Å². The molecule has 0 aliphatic carbocycles. The van der Waals surface area contributed by atoms with Crippen LogP contribution in [0.5, 0.6) is 0 Å². The first-order valence-corrected chi connectivity index (χ1v) is 9.03. The largest absolute Gasteiger partial charge is 0.481 e. The molecule has 0 radical (unpaired) electrons. The van der Waals surface area contributed by atoms with Crippen molar-refractivity contribution in [2.45, 2.75) is 37.7 Å². The van der Waals surface area contributed by atoms with Crippen molar-refractivity contribution in [3.05, 3.63) is 5.82 Å². The predicted molar refractivity (Wildman–Crippen MR) is 76.5 cm³/mol. The van der Waals surface area contributed by atoms with Gasteiger partial charge in [0.1, 0.15) is 5.25 Å². The summed E-state index contributed by atoms with van der Waals surface area (Å²) >= 11 is 1.04. The number of carboxylic acid groups (broad SMARTS) is 1. The van der Waals surface area contributed by atoms with E-state index < -0.39 is 21.1 Å². The number of thioether (sulfide) groups is 1. The molecule has 0 fully saturated rings. The van der Waals surface area contributed by atoms with Crippen LogP contribution in [0.15, 0.2) is 5.16 Å². The maximum absolute atomic E-state index is 11.7. The Bertz CT molecular complexity index is 580. The number of nitrogens with zero attached hydrogens (tertiary/aromatic N) is 3. The van der Waals surface area contributed by atoms with Gasteiger partial charge in [-0.2, -0.15) is 0 Å². The highest BCUT2D eigenvalue weighted by Gasteiger charge is 2.26. The summed E-state index contributed by atoms with van der Waals surface area (Å²) in [7, 11) is -3.28. The van der Waals surface area contributed by atoms with E-state index in [1.807, 2.05) is 13.8 Å². The molecule has 0 spiro atoms. The number of aromatic nitrogens is 3. The molecule has 0 aromatic carbocycles. The van der Waals surface area contributed by atoms with Gasteiger partial charge in [-0.3, -0.25) is 4.79 Å². The molecule has 0 saturated heterocycles. The number of sulfone groups is 1. The van der Waals surface area contributed by atoms with Crippen molar-refractivity contribution >= 4 is 27.6 Å². The van der Waals surface area contributed by atoms with Gasteiger partial charge in [-0.15, -0.1) is 10.2 Å². The zero-order valence-corrected chi connectivity index (χ0v) is 13.5. The SMILES string of the molecule is CC(C)Cn1c(SCC(=O)O)nnc1C(C)S(C)(=O)=O. The molecule has 1 heterocycles. The van der Waals surface area contributed by atoms with Crippen molar-refractivity contribution in [2.75, 3.05) is 12.0 Å². The lowest BCUT2D eigenvalue weighted by Gasteiger charge is -2.15. The number of carbonyl (C=O) groups is 1. The van der Waals surface area contributed by atoms with Gasteiger partial charge in [-0.05, 0) is 12.8 Å². The Morgan fingerprint density at radius 3 is 2.40 bits per heavy atom. The number of rotatable bonds is 7. The maximum Gasteiger partial charge on any atom is 0.313 e. The third kappa shape index (κ3) is 4.48. The molecule has 1 rings (SSSR count). The zero-order chi connectivity index (χ0) is 15.5. The molecule has 1 atom stereocenters. The quantitative estimate of drug-likeness (QED) is 0.753. The summed E-state index contributed by atoms with van der Waals surface area (Å²) in [5.41, 5.74) is 0. The number of hydrogen-bond acceptors (Lipinski definition) is 6. The highest BCUT2D eigenvalue weighted by molar-refractivity contribution is 7.99. The molecular weight excluding hydrogens is 302 g/mol. The van der Waals surface area contributed by atoms with Gasteiger partial charge in [-0.1, -0.05) is 25.6 Å². The number of carboxylic acids is 1. The second-order valence-corrected chi connectivity index (χ2v) is 8.31. The summed E-state index contributed by atoms with van der Waals surface area (Å²) in [5.74, 6) is -0.467. The number of aliphatic carboxylic acids is 1. The fraction of sp³-hybridized carbons (Fsp3) is 0.727. The van der Waals surface area contributed by atoms with Crippen LogP contribution in [0.25, 0.3) is 0 Å². The molecule has 1 aromatic rings. The van der Waals surface area contributed by atoms with E-state index in [9.17, 15) is 13.2 Å². The molecule has 20 heavy (non-hydrogen) atoms. The van der Waals surface area contributed by atoms with Crippen molar-refractivity contribution in [1.29, 1.82) is 0 Å². The minimum absolute atomic E-state index is 0.135. The lowest BCUT2D eigenvalue weighted by molar-refractivity contribution is -0.133. The minimum Gasteiger partial charge on any atom is -0.481 e. The van der Waals surface area contributed by atoms with Crippen LogP contribution in [0.2, 0.25) is 0 Å². The summed E-state index contributed by atoms with van der Waals surface area (Å²) in [6.45, 7) is 6.08. The van der Waals surface area contributed by atoms with Crippen LogP contribution in [0, 0.1) is 5.92 Å². The molecule has 9 heteroatoms. The molecule has 0 aliphatic rings. The van der Waals surface area contributed by atoms with Gasteiger partial charge in [0, 0.05) is 12.8 Å². The van der Waals surface area contributed by atoms with Crippen LogP contribution in [0.1, 0.15) is 31.8 Å². The summed E-state index contributed by atoms with van der Waals surface area (Å²) < 4.78 is 25.0. The van der Waals surface area contributed by atoms with E-state index in [1.165, 1.54) is 0 Å². The Morgan fingerprint density at radius 1 is 1.35 bits per heavy atom. The second-order valence-electron chi connectivity index (χ2n) is 5.00. The molecule has 0 amide bonds. The van der Waals surface area contributed by atoms with Crippen molar-refractivity contribution in [3.8, 4) is 0 Å². The fourth-order valence-electron chi connectivity index (χ4n) is 1.56. The van der Waals surface area contributed by atoms with Crippen LogP contribution in [-0.2, 0) is 21.2 Å². The summed E-state index contributed by atoms with van der Waals surface area (Å²) in [5, 5.41) is 16.2. The van der Waals surface area contributed by atoms with Crippen molar-refractivity contribution in [1.82, 2.24) is 14.8 Å². The maximum atomic E-state index is 11.7. The molecule has 7 nitrogen and oxygen atoms in total. The molecule has 1 unspecified atom stereocenters. The van der Waals surface area contributed by atoms with Crippen LogP contribution in [0.4, 0.5) is 0 Å². The Labute approximate surface area is 122 Å². The van der Waals surface area contributed by atoms with Gasteiger partial charge in [0.2, 0.25) is 0 Å². The van der Waals surface area contributed by atoms with Crippen molar-refractivity contribution in [3.63, 3.8) is 0 Å². The first-order chi connectivity index (χ1) is 9.12. The van der Waals surface area contributed by atoms with Gasteiger partial charge in [0.25, 0.3) is 0 Å². The smallest absolute Gasteiger partial charge is 0.313 e.